The van der Waals surface area contributed by atoms with Crippen molar-refractivity contribution in [1.82, 2.24) is 0 Å². The summed E-state index contributed by atoms with van der Waals surface area (Å²) in [4.78, 5) is 10.4. The third-order valence-electron chi connectivity index (χ3n) is 1.91. The normalized spacial score (nSPS) is 12.1. The molecule has 1 rings (SSSR count). The van der Waals surface area contributed by atoms with E-state index in [1.54, 1.807) is 12.1 Å². The van der Waals surface area contributed by atoms with E-state index >= 15 is 0 Å². The fraction of sp³-hybridized carbons (Fsp3) is 0.364. The molecule has 0 bridgehead atoms. The molecule has 1 atom stereocenters. The number of rotatable bonds is 7. The van der Waals surface area contributed by atoms with Gasteiger partial charge in [-0.25, -0.2) is 0 Å². The second-order valence-electron chi connectivity index (χ2n) is 3.33. The molecule has 0 fully saturated rings. The van der Waals surface area contributed by atoms with Gasteiger partial charge in [0.1, 0.15) is 11.8 Å². The Hall–Kier alpha value is -0.910. The van der Waals surface area contributed by atoms with Crippen LogP contribution >= 0.6 is 23.4 Å². The minimum Gasteiger partial charge on any atom is -0.493 e. The summed E-state index contributed by atoms with van der Waals surface area (Å²) in [6.07, 6.45) is 0. The molecule has 94 valence electrons. The summed E-state index contributed by atoms with van der Waals surface area (Å²) in [5, 5.41) is 9.19. The van der Waals surface area contributed by atoms with E-state index in [4.69, 9.17) is 27.2 Å². The highest BCUT2D eigenvalue weighted by Gasteiger charge is 2.10. The molecule has 0 heterocycles. The molecule has 0 aliphatic heterocycles. The summed E-state index contributed by atoms with van der Waals surface area (Å²) in [6, 6.07) is 6.32. The SMILES string of the molecule is NC(CSCCOc1cccc(Cl)c1)C(=O)O. The number of carboxylic acids is 1. The maximum atomic E-state index is 10.4. The van der Waals surface area contributed by atoms with Crippen molar-refractivity contribution in [3.8, 4) is 5.75 Å². The monoisotopic (exact) mass is 275 g/mol. The smallest absolute Gasteiger partial charge is 0.321 e. The van der Waals surface area contributed by atoms with Gasteiger partial charge >= 0.3 is 5.97 Å². The van der Waals surface area contributed by atoms with Crippen molar-refractivity contribution in [2.24, 2.45) is 5.73 Å². The molecule has 17 heavy (non-hydrogen) atoms. The fourth-order valence-corrected chi connectivity index (χ4v) is 2.00. The van der Waals surface area contributed by atoms with Gasteiger partial charge in [0.15, 0.2) is 0 Å². The number of nitrogens with two attached hydrogens (primary N) is 1. The van der Waals surface area contributed by atoms with Gasteiger partial charge in [0.25, 0.3) is 0 Å². The van der Waals surface area contributed by atoms with Gasteiger partial charge in [-0.1, -0.05) is 17.7 Å². The molecule has 3 N–H and O–H groups in total. The predicted molar refractivity (Wildman–Crippen MR) is 69.9 cm³/mol. The van der Waals surface area contributed by atoms with E-state index in [1.807, 2.05) is 12.1 Å². The van der Waals surface area contributed by atoms with Crippen molar-refractivity contribution in [1.29, 1.82) is 0 Å². The largest absolute Gasteiger partial charge is 0.493 e. The summed E-state index contributed by atoms with van der Waals surface area (Å²) >= 11 is 7.24. The molecule has 0 amide bonds. The summed E-state index contributed by atoms with van der Waals surface area (Å²) in [5.74, 6) is 0.802. The molecule has 0 saturated heterocycles. The molecule has 0 saturated carbocycles. The molecular formula is C11H14ClNO3S. The summed E-state index contributed by atoms with van der Waals surface area (Å²) in [7, 11) is 0. The molecular weight excluding hydrogens is 262 g/mol. The highest BCUT2D eigenvalue weighted by atomic mass is 35.5. The molecule has 4 nitrogen and oxygen atoms in total. The first-order chi connectivity index (χ1) is 8.09. The number of hydrogen-bond donors (Lipinski definition) is 2. The Kier molecular flexibility index (Phi) is 6.18. The Morgan fingerprint density at radius 3 is 3.00 bits per heavy atom. The predicted octanol–water partition coefficient (Wildman–Crippen LogP) is 1.86. The lowest BCUT2D eigenvalue weighted by Crippen LogP contribution is -2.32. The van der Waals surface area contributed by atoms with Crippen molar-refractivity contribution in [2.75, 3.05) is 18.1 Å². The topological polar surface area (TPSA) is 72.5 Å². The Morgan fingerprint density at radius 2 is 2.35 bits per heavy atom. The zero-order valence-electron chi connectivity index (χ0n) is 9.14. The molecule has 0 aliphatic carbocycles. The molecule has 0 radical (unpaired) electrons. The van der Waals surface area contributed by atoms with Crippen molar-refractivity contribution in [3.05, 3.63) is 29.3 Å². The van der Waals surface area contributed by atoms with Crippen LogP contribution in [0.3, 0.4) is 0 Å². The van der Waals surface area contributed by atoms with Crippen LogP contribution in [-0.4, -0.2) is 35.2 Å². The average molecular weight is 276 g/mol. The van der Waals surface area contributed by atoms with E-state index in [1.165, 1.54) is 11.8 Å². The minimum atomic E-state index is -0.978. The third kappa shape index (κ3) is 5.81. The van der Waals surface area contributed by atoms with Crippen LogP contribution in [0.2, 0.25) is 5.02 Å². The number of halogens is 1. The molecule has 6 heteroatoms. The Bertz CT molecular complexity index is 375. The van der Waals surface area contributed by atoms with E-state index in [0.29, 0.717) is 28.9 Å². The van der Waals surface area contributed by atoms with Crippen LogP contribution in [0.4, 0.5) is 0 Å². The maximum absolute atomic E-state index is 10.4. The van der Waals surface area contributed by atoms with Crippen LogP contribution in [-0.2, 0) is 4.79 Å². The van der Waals surface area contributed by atoms with Gasteiger partial charge in [-0.05, 0) is 18.2 Å². The van der Waals surface area contributed by atoms with Crippen molar-refractivity contribution in [2.45, 2.75) is 6.04 Å². The van der Waals surface area contributed by atoms with Gasteiger partial charge in [-0.3, -0.25) is 4.79 Å². The highest BCUT2D eigenvalue weighted by molar-refractivity contribution is 7.99. The van der Waals surface area contributed by atoms with Crippen molar-refractivity contribution < 1.29 is 14.6 Å². The number of carbonyl (C=O) groups is 1. The summed E-state index contributed by atoms with van der Waals surface area (Å²) in [5.41, 5.74) is 5.35. The van der Waals surface area contributed by atoms with Gasteiger partial charge < -0.3 is 15.6 Å². The zero-order valence-corrected chi connectivity index (χ0v) is 10.7. The van der Waals surface area contributed by atoms with Crippen LogP contribution < -0.4 is 10.5 Å². The van der Waals surface area contributed by atoms with E-state index in [9.17, 15) is 4.79 Å². The second-order valence-corrected chi connectivity index (χ2v) is 4.91. The van der Waals surface area contributed by atoms with E-state index in [-0.39, 0.29) is 0 Å². The standard InChI is InChI=1S/C11H14ClNO3S/c12-8-2-1-3-9(6-8)16-4-5-17-7-10(13)11(14)15/h1-3,6,10H,4-5,7,13H2,(H,14,15). The van der Waals surface area contributed by atoms with Crippen LogP contribution in [0, 0.1) is 0 Å². The van der Waals surface area contributed by atoms with Gasteiger partial charge in [0.2, 0.25) is 0 Å². The fourth-order valence-electron chi connectivity index (χ4n) is 1.06. The molecule has 0 aromatic heterocycles. The molecule has 0 aliphatic rings. The molecule has 1 aromatic carbocycles. The maximum Gasteiger partial charge on any atom is 0.321 e. The lowest BCUT2D eigenvalue weighted by molar-refractivity contribution is -0.137. The van der Waals surface area contributed by atoms with E-state index < -0.39 is 12.0 Å². The first-order valence-electron chi connectivity index (χ1n) is 5.04. The number of carboxylic acid groups (broad SMARTS) is 1. The Morgan fingerprint density at radius 1 is 1.59 bits per heavy atom. The summed E-state index contributed by atoms with van der Waals surface area (Å²) in [6.45, 7) is 0.497. The lowest BCUT2D eigenvalue weighted by Gasteiger charge is -2.07. The molecule has 0 spiro atoms. The number of thioether (sulfide) groups is 1. The lowest BCUT2D eigenvalue weighted by atomic mass is 10.3. The number of benzene rings is 1. The van der Waals surface area contributed by atoms with Crippen LogP contribution in [0.15, 0.2) is 24.3 Å². The number of hydrogen-bond acceptors (Lipinski definition) is 4. The Balaban J connectivity index is 2.14. The number of aliphatic carboxylic acids is 1. The van der Waals surface area contributed by atoms with Gasteiger partial charge in [0, 0.05) is 16.5 Å². The van der Waals surface area contributed by atoms with Gasteiger partial charge in [-0.2, -0.15) is 11.8 Å². The third-order valence-corrected chi connectivity index (χ3v) is 3.19. The van der Waals surface area contributed by atoms with E-state index in [2.05, 4.69) is 0 Å². The molecule has 1 aromatic rings. The zero-order chi connectivity index (χ0) is 12.7. The van der Waals surface area contributed by atoms with E-state index in [0.717, 1.165) is 0 Å². The van der Waals surface area contributed by atoms with Crippen molar-refractivity contribution in [3.63, 3.8) is 0 Å². The quantitative estimate of drug-likeness (QED) is 0.743. The Labute approximate surface area is 109 Å². The van der Waals surface area contributed by atoms with Crippen molar-refractivity contribution >= 4 is 29.3 Å². The number of ether oxygens (including phenoxy) is 1. The first kappa shape index (κ1) is 14.2. The van der Waals surface area contributed by atoms with Crippen LogP contribution in [0.5, 0.6) is 5.75 Å². The van der Waals surface area contributed by atoms with Crippen LogP contribution in [0.1, 0.15) is 0 Å². The second kappa shape index (κ2) is 7.42. The summed E-state index contributed by atoms with van der Waals surface area (Å²) < 4.78 is 5.44. The van der Waals surface area contributed by atoms with Crippen LogP contribution in [0.25, 0.3) is 0 Å². The average Bonchev–Trinajstić information content (AvgIpc) is 2.28. The first-order valence-corrected chi connectivity index (χ1v) is 6.57. The van der Waals surface area contributed by atoms with Gasteiger partial charge in [0.05, 0.1) is 6.61 Å². The molecule has 1 unspecified atom stereocenters. The van der Waals surface area contributed by atoms with Gasteiger partial charge in [-0.15, -0.1) is 0 Å². The highest BCUT2D eigenvalue weighted by Crippen LogP contribution is 2.17. The minimum absolute atomic E-state index is 0.383.